The van der Waals surface area contributed by atoms with Crippen LogP contribution in [-0.4, -0.2) is 55.0 Å². The Labute approximate surface area is 131 Å². The molecule has 0 N–H and O–H groups in total. The molecule has 22 heavy (non-hydrogen) atoms. The first-order chi connectivity index (χ1) is 10.2. The standard InChI is InChI=1S/C16H25NO5/c1-15(2,3)22-14(19)17-9-8-11-6-7-12(20-4)10-16(11,17)13(18)21-5/h6,12H,7-10H2,1-5H3/t12-,16-/m0/s1. The lowest BCUT2D eigenvalue weighted by atomic mass is 9.79. The van der Waals surface area contributed by atoms with Crippen molar-refractivity contribution in [3.63, 3.8) is 0 Å². The summed E-state index contributed by atoms with van der Waals surface area (Å²) in [5.41, 5.74) is -0.773. The van der Waals surface area contributed by atoms with Crippen LogP contribution in [0.2, 0.25) is 0 Å². The number of ether oxygens (including phenoxy) is 3. The monoisotopic (exact) mass is 311 g/mol. The zero-order valence-electron chi connectivity index (χ0n) is 14.0. The van der Waals surface area contributed by atoms with Crippen LogP contribution in [0, 0.1) is 0 Å². The summed E-state index contributed by atoms with van der Waals surface area (Å²) in [6.45, 7) is 5.87. The first-order valence-corrected chi connectivity index (χ1v) is 7.56. The Morgan fingerprint density at radius 2 is 2.00 bits per heavy atom. The first kappa shape index (κ1) is 16.8. The van der Waals surface area contributed by atoms with Crippen LogP contribution >= 0.6 is 0 Å². The van der Waals surface area contributed by atoms with Gasteiger partial charge in [0.2, 0.25) is 0 Å². The highest BCUT2D eigenvalue weighted by atomic mass is 16.6. The number of hydrogen-bond acceptors (Lipinski definition) is 5. The number of esters is 1. The van der Waals surface area contributed by atoms with Crippen molar-refractivity contribution in [2.75, 3.05) is 20.8 Å². The number of carbonyl (C=O) groups is 2. The zero-order chi connectivity index (χ0) is 16.5. The van der Waals surface area contributed by atoms with E-state index in [1.54, 1.807) is 27.9 Å². The van der Waals surface area contributed by atoms with Gasteiger partial charge < -0.3 is 14.2 Å². The van der Waals surface area contributed by atoms with Crippen molar-refractivity contribution >= 4 is 12.1 Å². The van der Waals surface area contributed by atoms with Gasteiger partial charge in [-0.25, -0.2) is 9.59 Å². The highest BCUT2D eigenvalue weighted by molar-refractivity contribution is 5.91. The fourth-order valence-corrected chi connectivity index (χ4v) is 3.24. The molecule has 1 aliphatic carbocycles. The molecule has 1 amide bonds. The molecule has 0 saturated carbocycles. The molecule has 2 atom stereocenters. The summed E-state index contributed by atoms with van der Waals surface area (Å²) < 4.78 is 15.9. The average Bonchev–Trinajstić information content (AvgIpc) is 2.83. The third-order valence-electron chi connectivity index (χ3n) is 4.22. The van der Waals surface area contributed by atoms with Crippen LogP contribution in [0.3, 0.4) is 0 Å². The number of methoxy groups -OCH3 is 2. The molecule has 2 rings (SSSR count). The van der Waals surface area contributed by atoms with Gasteiger partial charge in [-0.3, -0.25) is 4.90 Å². The number of amides is 1. The Morgan fingerprint density at radius 1 is 1.32 bits per heavy atom. The van der Waals surface area contributed by atoms with Gasteiger partial charge in [-0.1, -0.05) is 6.08 Å². The fourth-order valence-electron chi connectivity index (χ4n) is 3.24. The van der Waals surface area contributed by atoms with E-state index >= 15 is 0 Å². The Kier molecular flexibility index (Phi) is 4.52. The van der Waals surface area contributed by atoms with E-state index in [4.69, 9.17) is 14.2 Å². The molecule has 2 aliphatic rings. The van der Waals surface area contributed by atoms with Crippen molar-refractivity contribution in [1.82, 2.24) is 4.90 Å². The normalized spacial score (nSPS) is 28.0. The molecule has 124 valence electrons. The number of nitrogens with zero attached hydrogens (tertiary/aromatic N) is 1. The molecule has 0 spiro atoms. The van der Waals surface area contributed by atoms with Crippen LogP contribution in [-0.2, 0) is 19.0 Å². The molecule has 0 unspecified atom stereocenters. The maximum atomic E-state index is 12.6. The lowest BCUT2D eigenvalue weighted by Gasteiger charge is -2.41. The molecule has 0 aromatic rings. The Hall–Kier alpha value is -1.56. The van der Waals surface area contributed by atoms with Crippen LogP contribution in [0.1, 0.15) is 40.0 Å². The summed E-state index contributed by atoms with van der Waals surface area (Å²) >= 11 is 0. The van der Waals surface area contributed by atoms with Crippen molar-refractivity contribution in [1.29, 1.82) is 0 Å². The number of hydrogen-bond donors (Lipinski definition) is 0. The van der Waals surface area contributed by atoms with Gasteiger partial charge in [0.25, 0.3) is 0 Å². The van der Waals surface area contributed by atoms with Gasteiger partial charge in [0, 0.05) is 20.1 Å². The van der Waals surface area contributed by atoms with Crippen molar-refractivity contribution in [3.8, 4) is 0 Å². The van der Waals surface area contributed by atoms with Crippen molar-refractivity contribution in [2.45, 2.75) is 57.3 Å². The average molecular weight is 311 g/mol. The highest BCUT2D eigenvalue weighted by Crippen LogP contribution is 2.44. The minimum atomic E-state index is -1.09. The van der Waals surface area contributed by atoms with E-state index in [-0.39, 0.29) is 6.10 Å². The number of rotatable bonds is 2. The molecule has 0 radical (unpaired) electrons. The summed E-state index contributed by atoms with van der Waals surface area (Å²) in [4.78, 5) is 26.6. The second-order valence-corrected chi connectivity index (χ2v) is 6.76. The van der Waals surface area contributed by atoms with E-state index in [0.29, 0.717) is 19.4 Å². The Bertz CT molecular complexity index is 493. The third kappa shape index (κ3) is 2.84. The van der Waals surface area contributed by atoms with Gasteiger partial charge >= 0.3 is 12.1 Å². The largest absolute Gasteiger partial charge is 0.467 e. The molecule has 6 heteroatoms. The Morgan fingerprint density at radius 3 is 2.55 bits per heavy atom. The van der Waals surface area contributed by atoms with Crippen molar-refractivity contribution < 1.29 is 23.8 Å². The number of carbonyl (C=O) groups excluding carboxylic acids is 2. The lowest BCUT2D eigenvalue weighted by molar-refractivity contribution is -0.153. The van der Waals surface area contributed by atoms with Gasteiger partial charge in [0.05, 0.1) is 13.2 Å². The van der Waals surface area contributed by atoms with E-state index in [1.165, 1.54) is 12.0 Å². The number of fused-ring (bicyclic) bond motifs is 1. The van der Waals surface area contributed by atoms with Gasteiger partial charge in [-0.15, -0.1) is 0 Å². The van der Waals surface area contributed by atoms with E-state index in [2.05, 4.69) is 0 Å². The van der Waals surface area contributed by atoms with Gasteiger partial charge in [0.15, 0.2) is 5.54 Å². The first-order valence-electron chi connectivity index (χ1n) is 7.56. The van der Waals surface area contributed by atoms with Gasteiger partial charge in [-0.05, 0) is 39.2 Å². The predicted molar refractivity (Wildman–Crippen MR) is 80.4 cm³/mol. The molecule has 1 fully saturated rings. The van der Waals surface area contributed by atoms with Crippen LogP contribution < -0.4 is 0 Å². The second-order valence-electron chi connectivity index (χ2n) is 6.76. The van der Waals surface area contributed by atoms with Crippen molar-refractivity contribution in [2.24, 2.45) is 0 Å². The van der Waals surface area contributed by atoms with Gasteiger partial charge in [0.1, 0.15) is 5.60 Å². The molecule has 1 heterocycles. The minimum Gasteiger partial charge on any atom is -0.467 e. The third-order valence-corrected chi connectivity index (χ3v) is 4.22. The van der Waals surface area contributed by atoms with Crippen LogP contribution in [0.5, 0.6) is 0 Å². The zero-order valence-corrected chi connectivity index (χ0v) is 14.0. The van der Waals surface area contributed by atoms with E-state index in [1.807, 2.05) is 6.08 Å². The van der Waals surface area contributed by atoms with Crippen LogP contribution in [0.15, 0.2) is 11.6 Å². The molecule has 0 bridgehead atoms. The SMILES string of the molecule is COC(=O)[C@]12C[C@@H](OC)CC=C1CCN2C(=O)OC(C)(C)C. The highest BCUT2D eigenvalue weighted by Gasteiger charge is 2.57. The summed E-state index contributed by atoms with van der Waals surface area (Å²) in [5, 5.41) is 0. The molecule has 0 aromatic heterocycles. The van der Waals surface area contributed by atoms with E-state index in [9.17, 15) is 9.59 Å². The predicted octanol–water partition coefficient (Wildman–Crippen LogP) is 2.27. The maximum Gasteiger partial charge on any atom is 0.411 e. The molecular formula is C16H25NO5. The molecule has 0 aromatic carbocycles. The molecule has 6 nitrogen and oxygen atoms in total. The molecule has 1 aliphatic heterocycles. The van der Waals surface area contributed by atoms with E-state index < -0.39 is 23.2 Å². The maximum absolute atomic E-state index is 12.6. The van der Waals surface area contributed by atoms with Crippen molar-refractivity contribution in [3.05, 3.63) is 11.6 Å². The fraction of sp³-hybridized carbons (Fsp3) is 0.750. The molecular weight excluding hydrogens is 286 g/mol. The minimum absolute atomic E-state index is 0.120. The topological polar surface area (TPSA) is 65.1 Å². The van der Waals surface area contributed by atoms with Crippen LogP contribution in [0.4, 0.5) is 4.79 Å². The second kappa shape index (κ2) is 5.91. The van der Waals surface area contributed by atoms with Crippen LogP contribution in [0.25, 0.3) is 0 Å². The summed E-state index contributed by atoms with van der Waals surface area (Å²) in [5.74, 6) is -0.427. The molecule has 1 saturated heterocycles. The number of likely N-dealkylation sites (tertiary alicyclic amines) is 1. The summed E-state index contributed by atoms with van der Waals surface area (Å²) in [6.07, 6.45) is 3.20. The van der Waals surface area contributed by atoms with Gasteiger partial charge in [-0.2, -0.15) is 0 Å². The summed E-state index contributed by atoms with van der Waals surface area (Å²) in [7, 11) is 2.96. The smallest absolute Gasteiger partial charge is 0.411 e. The quantitative estimate of drug-likeness (QED) is 0.578. The summed E-state index contributed by atoms with van der Waals surface area (Å²) in [6, 6.07) is 0. The lowest BCUT2D eigenvalue weighted by Crippen LogP contribution is -2.58. The Balaban J connectivity index is 2.38. The van der Waals surface area contributed by atoms with E-state index in [0.717, 1.165) is 12.0 Å².